The number of nitrogens with one attached hydrogen (secondary N) is 2. The van der Waals surface area contributed by atoms with Crippen LogP contribution in [0.2, 0.25) is 0 Å². The Kier molecular flexibility index (Phi) is 6.11. The molecule has 8 nitrogen and oxygen atoms in total. The molecule has 1 aliphatic heterocycles. The molecule has 1 saturated heterocycles. The number of halogens is 3. The number of nitrogens with zero attached hydrogens (tertiary/aromatic N) is 1. The number of thiophene rings is 1. The predicted octanol–water partition coefficient (Wildman–Crippen LogP) is 2.55. The second-order valence-electron chi connectivity index (χ2n) is 6.51. The predicted molar refractivity (Wildman–Crippen MR) is 104 cm³/mol. The maximum atomic E-state index is 13.9. The molecule has 0 bridgehead atoms. The minimum Gasteiger partial charge on any atom is -0.493 e. The van der Waals surface area contributed by atoms with Crippen molar-refractivity contribution in [2.45, 2.75) is 18.3 Å². The third-order valence-corrected chi connectivity index (χ3v) is 5.52. The maximum Gasteiger partial charge on any atom is 0.440 e. The summed E-state index contributed by atoms with van der Waals surface area (Å²) in [5, 5.41) is 4.78. The van der Waals surface area contributed by atoms with E-state index in [1.54, 1.807) is 28.8 Å². The molecule has 2 aromatic rings. The number of carbonyl (C=O) groups excluding carboxylic acids is 3. The van der Waals surface area contributed by atoms with Crippen LogP contribution >= 0.6 is 11.3 Å². The van der Waals surface area contributed by atoms with E-state index in [2.05, 4.69) is 0 Å². The van der Waals surface area contributed by atoms with Crippen LogP contribution in [0.3, 0.4) is 0 Å². The van der Waals surface area contributed by atoms with Crippen molar-refractivity contribution in [3.8, 4) is 11.5 Å². The Labute approximate surface area is 178 Å². The number of carbonyl (C=O) groups is 3. The average Bonchev–Trinajstić information content (AvgIpc) is 3.34. The van der Waals surface area contributed by atoms with Crippen LogP contribution in [0.5, 0.6) is 11.5 Å². The summed E-state index contributed by atoms with van der Waals surface area (Å²) in [5.74, 6) is -1.88. The van der Waals surface area contributed by atoms with Crippen LogP contribution in [0.4, 0.5) is 18.0 Å². The van der Waals surface area contributed by atoms with E-state index in [1.165, 1.54) is 31.7 Å². The van der Waals surface area contributed by atoms with Crippen molar-refractivity contribution in [2.75, 3.05) is 20.8 Å². The summed E-state index contributed by atoms with van der Waals surface area (Å²) < 4.78 is 51.9. The fourth-order valence-electron chi connectivity index (χ4n) is 3.04. The van der Waals surface area contributed by atoms with Crippen LogP contribution < -0.4 is 20.1 Å². The van der Waals surface area contributed by atoms with Gasteiger partial charge in [-0.3, -0.25) is 19.8 Å². The van der Waals surface area contributed by atoms with Gasteiger partial charge >= 0.3 is 12.2 Å². The topological polar surface area (TPSA) is 97.0 Å². The van der Waals surface area contributed by atoms with E-state index in [0.717, 1.165) is 11.3 Å². The molecule has 31 heavy (non-hydrogen) atoms. The highest BCUT2D eigenvalue weighted by atomic mass is 32.1. The zero-order chi connectivity index (χ0) is 22.8. The molecule has 0 spiro atoms. The molecule has 1 aliphatic rings. The van der Waals surface area contributed by atoms with Gasteiger partial charge in [-0.25, -0.2) is 4.79 Å². The number of ether oxygens (including phenoxy) is 2. The monoisotopic (exact) mass is 457 g/mol. The summed E-state index contributed by atoms with van der Waals surface area (Å²) in [6.45, 7) is -0.340. The Balaban J connectivity index is 1.81. The second kappa shape index (κ2) is 8.46. The Morgan fingerprint density at radius 2 is 1.90 bits per heavy atom. The van der Waals surface area contributed by atoms with E-state index in [4.69, 9.17) is 9.47 Å². The minimum absolute atomic E-state index is 0.0329. The summed E-state index contributed by atoms with van der Waals surface area (Å²) >= 11 is 0.901. The molecule has 12 heteroatoms. The minimum atomic E-state index is -5.26. The third kappa shape index (κ3) is 4.15. The van der Waals surface area contributed by atoms with Gasteiger partial charge in [0.2, 0.25) is 0 Å². The first kappa shape index (κ1) is 22.4. The second-order valence-corrected chi connectivity index (χ2v) is 7.45. The van der Waals surface area contributed by atoms with Gasteiger partial charge in [-0.15, -0.1) is 11.3 Å². The molecule has 2 heterocycles. The smallest absolute Gasteiger partial charge is 0.440 e. The summed E-state index contributed by atoms with van der Waals surface area (Å²) in [7, 11) is 2.87. The van der Waals surface area contributed by atoms with Crippen LogP contribution in [0.15, 0.2) is 35.7 Å². The molecule has 1 aromatic carbocycles. The van der Waals surface area contributed by atoms with E-state index in [9.17, 15) is 27.6 Å². The summed E-state index contributed by atoms with van der Waals surface area (Å²) in [6.07, 6.45) is -5.20. The van der Waals surface area contributed by atoms with Crippen LogP contribution in [-0.2, 0) is 11.2 Å². The summed E-state index contributed by atoms with van der Waals surface area (Å²) in [5.41, 5.74) is -2.94. The molecule has 0 unspecified atom stereocenters. The standard InChI is InChI=1S/C19H18F3N3O5S/c1-29-12-6-5-11(10-13(12)30-2)7-8-25-16(27)18(19(20,21)22,24-17(25)28)23-15(26)14-4-3-9-31-14/h3-6,9-10H,7-8H2,1-2H3,(H,23,26)(H,24,28)/t18-/m1/s1. The number of imide groups is 1. The van der Waals surface area contributed by atoms with E-state index in [0.29, 0.717) is 22.0 Å². The van der Waals surface area contributed by atoms with E-state index < -0.39 is 29.7 Å². The number of alkyl halides is 3. The van der Waals surface area contributed by atoms with Crippen LogP contribution in [0, 0.1) is 0 Å². The fourth-order valence-corrected chi connectivity index (χ4v) is 3.66. The molecule has 3 rings (SSSR count). The Morgan fingerprint density at radius 1 is 1.19 bits per heavy atom. The van der Waals surface area contributed by atoms with E-state index in [-0.39, 0.29) is 17.8 Å². The van der Waals surface area contributed by atoms with Gasteiger partial charge in [0.05, 0.1) is 19.1 Å². The molecule has 1 atom stereocenters. The van der Waals surface area contributed by atoms with E-state index in [1.807, 2.05) is 0 Å². The van der Waals surface area contributed by atoms with Gasteiger partial charge in [0.1, 0.15) is 0 Å². The molecule has 0 radical (unpaired) electrons. The molecule has 0 saturated carbocycles. The van der Waals surface area contributed by atoms with Gasteiger partial charge in [-0.1, -0.05) is 12.1 Å². The Bertz CT molecular complexity index is 996. The first-order chi connectivity index (χ1) is 14.6. The molecular formula is C19H18F3N3O5S. The maximum absolute atomic E-state index is 13.9. The number of hydrogen-bond donors (Lipinski definition) is 2. The van der Waals surface area contributed by atoms with Gasteiger partial charge in [0.15, 0.2) is 11.5 Å². The number of benzene rings is 1. The molecule has 0 aliphatic carbocycles. The highest BCUT2D eigenvalue weighted by molar-refractivity contribution is 7.12. The summed E-state index contributed by atoms with van der Waals surface area (Å²) in [4.78, 5) is 37.6. The SMILES string of the molecule is COc1ccc(CCN2C(=O)N[C@@](NC(=O)c3cccs3)(C(F)(F)F)C2=O)cc1OC. The van der Waals surface area contributed by atoms with Gasteiger partial charge < -0.3 is 14.8 Å². The number of methoxy groups -OCH3 is 2. The fraction of sp³-hybridized carbons (Fsp3) is 0.316. The Hall–Kier alpha value is -3.28. The molecule has 4 amide bonds. The Morgan fingerprint density at radius 3 is 2.48 bits per heavy atom. The zero-order valence-corrected chi connectivity index (χ0v) is 17.2. The highest BCUT2D eigenvalue weighted by Crippen LogP contribution is 2.34. The highest BCUT2D eigenvalue weighted by Gasteiger charge is 2.68. The van der Waals surface area contributed by atoms with Crippen LogP contribution in [0.1, 0.15) is 15.2 Å². The lowest BCUT2D eigenvalue weighted by Crippen LogP contribution is -2.69. The van der Waals surface area contributed by atoms with Gasteiger partial charge in [-0.05, 0) is 35.6 Å². The van der Waals surface area contributed by atoms with Gasteiger partial charge in [0.25, 0.3) is 17.5 Å². The van der Waals surface area contributed by atoms with Crippen LogP contribution in [0.25, 0.3) is 0 Å². The van der Waals surface area contributed by atoms with Gasteiger partial charge in [0, 0.05) is 6.54 Å². The molecular weight excluding hydrogens is 439 g/mol. The molecule has 2 N–H and O–H groups in total. The number of rotatable bonds is 7. The average molecular weight is 457 g/mol. The van der Waals surface area contributed by atoms with Crippen molar-refractivity contribution in [3.63, 3.8) is 0 Å². The lowest BCUT2D eigenvalue weighted by atomic mass is 10.1. The van der Waals surface area contributed by atoms with Crippen molar-refractivity contribution in [2.24, 2.45) is 0 Å². The van der Waals surface area contributed by atoms with Crippen molar-refractivity contribution >= 4 is 29.2 Å². The van der Waals surface area contributed by atoms with Gasteiger partial charge in [-0.2, -0.15) is 13.2 Å². The van der Waals surface area contributed by atoms with Crippen molar-refractivity contribution < 1.29 is 37.0 Å². The summed E-state index contributed by atoms with van der Waals surface area (Å²) in [6, 6.07) is 6.35. The molecule has 1 fully saturated rings. The number of urea groups is 1. The van der Waals surface area contributed by atoms with E-state index >= 15 is 0 Å². The number of hydrogen-bond acceptors (Lipinski definition) is 6. The first-order valence-electron chi connectivity index (χ1n) is 8.90. The van der Waals surface area contributed by atoms with Crippen molar-refractivity contribution in [1.29, 1.82) is 0 Å². The molecule has 166 valence electrons. The normalized spacial score (nSPS) is 18.7. The van der Waals surface area contributed by atoms with Crippen LogP contribution in [-0.4, -0.2) is 55.3 Å². The lowest BCUT2D eigenvalue weighted by Gasteiger charge is -2.29. The third-order valence-electron chi connectivity index (χ3n) is 4.65. The quantitative estimate of drug-likeness (QED) is 0.623. The van der Waals surface area contributed by atoms with Crippen molar-refractivity contribution in [1.82, 2.24) is 15.5 Å². The molecule has 1 aromatic heterocycles. The van der Waals surface area contributed by atoms with Crippen molar-refractivity contribution in [3.05, 3.63) is 46.2 Å². The first-order valence-corrected chi connectivity index (χ1v) is 9.78. The number of amides is 4. The zero-order valence-electron chi connectivity index (χ0n) is 16.4. The largest absolute Gasteiger partial charge is 0.493 e. The lowest BCUT2D eigenvalue weighted by molar-refractivity contribution is -0.200.